The average molecular weight is 235 g/mol. The number of benzene rings is 1. The van der Waals surface area contributed by atoms with Crippen molar-refractivity contribution in [2.45, 2.75) is 38.6 Å². The van der Waals surface area contributed by atoms with Gasteiger partial charge in [0.15, 0.2) is 0 Å². The highest BCUT2D eigenvalue weighted by atomic mass is 16.5. The topological polar surface area (TPSA) is 41.5 Å². The summed E-state index contributed by atoms with van der Waals surface area (Å²) >= 11 is 0. The molecule has 1 aromatic rings. The number of anilines is 1. The fourth-order valence-corrected chi connectivity index (χ4v) is 2.00. The second-order valence-electron chi connectivity index (χ2n) is 5.63. The summed E-state index contributed by atoms with van der Waals surface area (Å²) in [4.78, 5) is 0. The summed E-state index contributed by atoms with van der Waals surface area (Å²) in [6.07, 6.45) is 0.721. The molecule has 1 aliphatic rings. The van der Waals surface area contributed by atoms with Crippen molar-refractivity contribution in [3.05, 3.63) is 23.8 Å². The predicted octanol–water partition coefficient (Wildman–Crippen LogP) is 2.54. The SMILES string of the molecule is CC(C)(C)c1ccc2c(c1)NC(CCO)CO2. The Bertz CT molecular complexity index is 396. The third-order valence-electron chi connectivity index (χ3n) is 3.12. The van der Waals surface area contributed by atoms with Crippen molar-refractivity contribution in [2.24, 2.45) is 0 Å². The van der Waals surface area contributed by atoms with Crippen LogP contribution in [0.25, 0.3) is 0 Å². The van der Waals surface area contributed by atoms with Crippen LogP contribution in [0.4, 0.5) is 5.69 Å². The Kier molecular flexibility index (Phi) is 3.29. The number of aliphatic hydroxyl groups is 1. The fraction of sp³-hybridized carbons (Fsp3) is 0.571. The summed E-state index contributed by atoms with van der Waals surface area (Å²) in [7, 11) is 0. The molecule has 0 bridgehead atoms. The number of hydrogen-bond donors (Lipinski definition) is 2. The Morgan fingerprint density at radius 1 is 1.41 bits per heavy atom. The van der Waals surface area contributed by atoms with E-state index in [1.54, 1.807) is 0 Å². The molecule has 0 spiro atoms. The second-order valence-corrected chi connectivity index (χ2v) is 5.63. The van der Waals surface area contributed by atoms with E-state index in [9.17, 15) is 0 Å². The molecule has 1 heterocycles. The van der Waals surface area contributed by atoms with Gasteiger partial charge in [-0.25, -0.2) is 0 Å². The minimum absolute atomic E-state index is 0.140. The van der Waals surface area contributed by atoms with Crippen LogP contribution in [0.2, 0.25) is 0 Å². The van der Waals surface area contributed by atoms with E-state index in [1.165, 1.54) is 5.56 Å². The summed E-state index contributed by atoms with van der Waals surface area (Å²) in [5.41, 5.74) is 2.47. The third kappa shape index (κ3) is 2.72. The molecule has 1 unspecified atom stereocenters. The maximum Gasteiger partial charge on any atom is 0.142 e. The van der Waals surface area contributed by atoms with E-state index in [1.807, 2.05) is 6.07 Å². The van der Waals surface area contributed by atoms with Gasteiger partial charge in [-0.05, 0) is 29.5 Å². The van der Waals surface area contributed by atoms with Gasteiger partial charge in [-0.15, -0.1) is 0 Å². The molecule has 3 heteroatoms. The Hall–Kier alpha value is -1.22. The molecule has 94 valence electrons. The first-order valence-electron chi connectivity index (χ1n) is 6.15. The molecule has 1 atom stereocenters. The minimum atomic E-state index is 0.140. The lowest BCUT2D eigenvalue weighted by Crippen LogP contribution is -2.32. The molecular weight excluding hydrogens is 214 g/mol. The van der Waals surface area contributed by atoms with Crippen LogP contribution in [0, 0.1) is 0 Å². The van der Waals surface area contributed by atoms with Crippen LogP contribution < -0.4 is 10.1 Å². The van der Waals surface area contributed by atoms with Crippen LogP contribution >= 0.6 is 0 Å². The molecule has 2 N–H and O–H groups in total. The van der Waals surface area contributed by atoms with E-state index in [2.05, 4.69) is 38.2 Å². The predicted molar refractivity (Wildman–Crippen MR) is 69.8 cm³/mol. The lowest BCUT2D eigenvalue weighted by molar-refractivity contribution is 0.233. The smallest absolute Gasteiger partial charge is 0.142 e. The lowest BCUT2D eigenvalue weighted by Gasteiger charge is -2.29. The summed E-state index contributed by atoms with van der Waals surface area (Å²) in [6, 6.07) is 6.51. The Morgan fingerprint density at radius 3 is 2.82 bits per heavy atom. The maximum absolute atomic E-state index is 8.95. The summed E-state index contributed by atoms with van der Waals surface area (Å²) in [5.74, 6) is 0.909. The van der Waals surface area contributed by atoms with Crippen molar-refractivity contribution in [1.29, 1.82) is 0 Å². The van der Waals surface area contributed by atoms with Crippen molar-refractivity contribution < 1.29 is 9.84 Å². The largest absolute Gasteiger partial charge is 0.489 e. The van der Waals surface area contributed by atoms with E-state index in [0.29, 0.717) is 6.61 Å². The number of hydrogen-bond acceptors (Lipinski definition) is 3. The summed E-state index contributed by atoms with van der Waals surface area (Å²) in [6.45, 7) is 7.41. The van der Waals surface area contributed by atoms with Crippen LogP contribution in [0.1, 0.15) is 32.8 Å². The molecule has 0 saturated carbocycles. The Labute approximate surface area is 103 Å². The fourth-order valence-electron chi connectivity index (χ4n) is 2.00. The maximum atomic E-state index is 8.95. The number of fused-ring (bicyclic) bond motifs is 1. The normalized spacial score (nSPS) is 19.2. The molecule has 0 fully saturated rings. The first kappa shape index (κ1) is 12.2. The zero-order valence-corrected chi connectivity index (χ0v) is 10.8. The minimum Gasteiger partial charge on any atom is -0.489 e. The molecule has 0 aliphatic carbocycles. The third-order valence-corrected chi connectivity index (χ3v) is 3.12. The van der Waals surface area contributed by atoms with Crippen molar-refractivity contribution in [3.8, 4) is 5.75 Å². The van der Waals surface area contributed by atoms with Gasteiger partial charge in [0, 0.05) is 6.61 Å². The van der Waals surface area contributed by atoms with E-state index in [4.69, 9.17) is 9.84 Å². The quantitative estimate of drug-likeness (QED) is 0.827. The van der Waals surface area contributed by atoms with Gasteiger partial charge >= 0.3 is 0 Å². The molecule has 17 heavy (non-hydrogen) atoms. The standard InChI is InChI=1S/C14H21NO2/c1-14(2,3)10-4-5-13-12(8-10)15-11(6-7-16)9-17-13/h4-5,8,11,15-16H,6-7,9H2,1-3H3. The zero-order valence-electron chi connectivity index (χ0n) is 10.8. The first-order chi connectivity index (χ1) is 8.00. The first-order valence-corrected chi connectivity index (χ1v) is 6.15. The zero-order chi connectivity index (χ0) is 12.5. The summed E-state index contributed by atoms with van der Waals surface area (Å²) in [5, 5.41) is 12.4. The van der Waals surface area contributed by atoms with E-state index >= 15 is 0 Å². The molecule has 2 rings (SSSR count). The van der Waals surface area contributed by atoms with E-state index in [-0.39, 0.29) is 18.1 Å². The van der Waals surface area contributed by atoms with Crippen molar-refractivity contribution in [3.63, 3.8) is 0 Å². The number of nitrogens with one attached hydrogen (secondary N) is 1. The number of rotatable bonds is 2. The molecular formula is C14H21NO2. The molecule has 1 aromatic carbocycles. The lowest BCUT2D eigenvalue weighted by atomic mass is 9.86. The van der Waals surface area contributed by atoms with Crippen LogP contribution in [-0.4, -0.2) is 24.4 Å². The van der Waals surface area contributed by atoms with Gasteiger partial charge in [-0.3, -0.25) is 0 Å². The average Bonchev–Trinajstić information content (AvgIpc) is 2.27. The van der Waals surface area contributed by atoms with Crippen LogP contribution in [0.5, 0.6) is 5.75 Å². The van der Waals surface area contributed by atoms with Crippen LogP contribution in [-0.2, 0) is 5.41 Å². The highest BCUT2D eigenvalue weighted by Gasteiger charge is 2.21. The molecule has 0 radical (unpaired) electrons. The van der Waals surface area contributed by atoms with E-state index in [0.717, 1.165) is 17.9 Å². The van der Waals surface area contributed by atoms with Gasteiger partial charge < -0.3 is 15.2 Å². The number of aliphatic hydroxyl groups excluding tert-OH is 1. The summed E-state index contributed by atoms with van der Waals surface area (Å²) < 4.78 is 5.68. The monoisotopic (exact) mass is 235 g/mol. The van der Waals surface area contributed by atoms with Gasteiger partial charge in [-0.1, -0.05) is 26.8 Å². The van der Waals surface area contributed by atoms with Crippen molar-refractivity contribution in [2.75, 3.05) is 18.5 Å². The van der Waals surface area contributed by atoms with Crippen molar-refractivity contribution in [1.82, 2.24) is 0 Å². The molecule has 0 saturated heterocycles. The van der Waals surface area contributed by atoms with Gasteiger partial charge in [0.25, 0.3) is 0 Å². The van der Waals surface area contributed by atoms with Gasteiger partial charge in [0.1, 0.15) is 12.4 Å². The molecule has 3 nitrogen and oxygen atoms in total. The Balaban J connectivity index is 2.23. The van der Waals surface area contributed by atoms with Crippen LogP contribution in [0.3, 0.4) is 0 Å². The highest BCUT2D eigenvalue weighted by Crippen LogP contribution is 2.34. The van der Waals surface area contributed by atoms with Crippen molar-refractivity contribution >= 4 is 5.69 Å². The van der Waals surface area contributed by atoms with Gasteiger partial charge in [-0.2, -0.15) is 0 Å². The second kappa shape index (κ2) is 4.57. The molecule has 0 aromatic heterocycles. The highest BCUT2D eigenvalue weighted by molar-refractivity contribution is 5.60. The van der Waals surface area contributed by atoms with Gasteiger partial charge in [0.2, 0.25) is 0 Å². The molecule has 0 amide bonds. The van der Waals surface area contributed by atoms with E-state index < -0.39 is 0 Å². The number of ether oxygens (including phenoxy) is 1. The molecule has 1 aliphatic heterocycles. The van der Waals surface area contributed by atoms with Gasteiger partial charge in [0.05, 0.1) is 11.7 Å². The Morgan fingerprint density at radius 2 is 2.18 bits per heavy atom. The van der Waals surface area contributed by atoms with Crippen LogP contribution in [0.15, 0.2) is 18.2 Å².